The summed E-state index contributed by atoms with van der Waals surface area (Å²) in [5.74, 6) is -0.244. The highest BCUT2D eigenvalue weighted by atomic mass is 35.5. The van der Waals surface area contributed by atoms with Gasteiger partial charge >= 0.3 is 0 Å². The molecule has 0 fully saturated rings. The van der Waals surface area contributed by atoms with Gasteiger partial charge in [-0.2, -0.15) is 0 Å². The Labute approximate surface area is 101 Å². The van der Waals surface area contributed by atoms with Gasteiger partial charge in [-0.15, -0.1) is 24.8 Å². The summed E-state index contributed by atoms with van der Waals surface area (Å²) in [6, 6.07) is -0.0468. The second-order valence-corrected chi connectivity index (χ2v) is 2.70. The molecule has 0 unspecified atom stereocenters. The Morgan fingerprint density at radius 3 is 2.67 bits per heavy atom. The van der Waals surface area contributed by atoms with Crippen molar-refractivity contribution in [1.29, 1.82) is 0 Å². The predicted molar refractivity (Wildman–Crippen MR) is 62.5 cm³/mol. The molecule has 0 spiro atoms. The number of carbonyl (C=O) groups excluding carboxylic acids is 1. The highest BCUT2D eigenvalue weighted by molar-refractivity contribution is 5.92. The van der Waals surface area contributed by atoms with Crippen molar-refractivity contribution in [2.45, 2.75) is 13.0 Å². The Morgan fingerprint density at radius 2 is 2.20 bits per heavy atom. The predicted octanol–water partition coefficient (Wildman–Crippen LogP) is 0.397. The first-order chi connectivity index (χ1) is 6.24. The van der Waals surface area contributed by atoms with Crippen molar-refractivity contribution in [1.82, 2.24) is 15.3 Å². The zero-order valence-corrected chi connectivity index (χ0v) is 9.85. The van der Waals surface area contributed by atoms with E-state index in [1.807, 2.05) is 6.92 Å². The number of nitrogens with zero attached hydrogens (tertiary/aromatic N) is 2. The average molecular weight is 253 g/mol. The first-order valence-electron chi connectivity index (χ1n) is 4.01. The van der Waals surface area contributed by atoms with Crippen LogP contribution in [0.25, 0.3) is 0 Å². The number of amides is 1. The van der Waals surface area contributed by atoms with E-state index in [1.54, 1.807) is 0 Å². The Bertz CT molecular complexity index is 283. The fraction of sp³-hybridized carbons (Fsp3) is 0.375. The van der Waals surface area contributed by atoms with E-state index in [0.717, 1.165) is 0 Å². The third kappa shape index (κ3) is 5.51. The molecule has 0 aliphatic heterocycles. The standard InChI is InChI=1S/C8H12N4O.2ClH/c1-6(4-9)12-8(13)7-5-10-2-3-11-7;;/h2-3,5-6H,4,9H2,1H3,(H,12,13);2*1H/t6-;;/m0../s1. The summed E-state index contributed by atoms with van der Waals surface area (Å²) in [6.45, 7) is 2.24. The minimum Gasteiger partial charge on any atom is -0.347 e. The number of hydrogen-bond acceptors (Lipinski definition) is 4. The fourth-order valence-electron chi connectivity index (χ4n) is 0.773. The van der Waals surface area contributed by atoms with Crippen LogP contribution in [-0.4, -0.2) is 28.5 Å². The maximum atomic E-state index is 11.3. The first-order valence-corrected chi connectivity index (χ1v) is 4.01. The molecule has 0 aliphatic carbocycles. The topological polar surface area (TPSA) is 80.9 Å². The van der Waals surface area contributed by atoms with Crippen LogP contribution in [0.2, 0.25) is 0 Å². The lowest BCUT2D eigenvalue weighted by molar-refractivity contribution is 0.0936. The van der Waals surface area contributed by atoms with Crippen molar-refractivity contribution >= 4 is 30.7 Å². The van der Waals surface area contributed by atoms with Crippen LogP contribution in [0.15, 0.2) is 18.6 Å². The quantitative estimate of drug-likeness (QED) is 0.816. The highest BCUT2D eigenvalue weighted by Crippen LogP contribution is 1.90. The summed E-state index contributed by atoms with van der Waals surface area (Å²) in [6.07, 6.45) is 4.41. The molecule has 0 aliphatic rings. The van der Waals surface area contributed by atoms with Crippen molar-refractivity contribution in [3.8, 4) is 0 Å². The molecule has 3 N–H and O–H groups in total. The minimum absolute atomic E-state index is 0. The van der Waals surface area contributed by atoms with E-state index < -0.39 is 0 Å². The number of halogens is 2. The maximum Gasteiger partial charge on any atom is 0.271 e. The summed E-state index contributed by atoms with van der Waals surface area (Å²) in [5, 5.41) is 2.68. The van der Waals surface area contributed by atoms with Gasteiger partial charge in [-0.25, -0.2) is 4.98 Å². The highest BCUT2D eigenvalue weighted by Gasteiger charge is 2.08. The zero-order chi connectivity index (χ0) is 9.68. The lowest BCUT2D eigenvalue weighted by atomic mass is 10.3. The van der Waals surface area contributed by atoms with Gasteiger partial charge < -0.3 is 11.1 Å². The van der Waals surface area contributed by atoms with E-state index in [2.05, 4.69) is 15.3 Å². The molecule has 0 aromatic carbocycles. The van der Waals surface area contributed by atoms with Gasteiger partial charge in [-0.05, 0) is 6.92 Å². The van der Waals surface area contributed by atoms with Crippen LogP contribution in [0.4, 0.5) is 0 Å². The molecule has 1 atom stereocenters. The van der Waals surface area contributed by atoms with E-state index >= 15 is 0 Å². The van der Waals surface area contributed by atoms with Crippen molar-refractivity contribution < 1.29 is 4.79 Å². The Kier molecular flexibility index (Phi) is 9.25. The molecular weight excluding hydrogens is 239 g/mol. The second-order valence-electron chi connectivity index (χ2n) is 2.70. The molecule has 1 amide bonds. The van der Waals surface area contributed by atoms with Gasteiger partial charge in [0.1, 0.15) is 5.69 Å². The van der Waals surface area contributed by atoms with Gasteiger partial charge in [0.05, 0.1) is 6.20 Å². The zero-order valence-electron chi connectivity index (χ0n) is 8.21. The van der Waals surface area contributed by atoms with E-state index in [1.165, 1.54) is 18.6 Å². The molecule has 1 aromatic heterocycles. The van der Waals surface area contributed by atoms with Gasteiger partial charge in [0.2, 0.25) is 0 Å². The van der Waals surface area contributed by atoms with Crippen LogP contribution in [-0.2, 0) is 0 Å². The molecule has 0 bridgehead atoms. The van der Waals surface area contributed by atoms with Crippen LogP contribution in [0, 0.1) is 0 Å². The van der Waals surface area contributed by atoms with Crippen molar-refractivity contribution in [2.75, 3.05) is 6.54 Å². The number of rotatable bonds is 3. The van der Waals surface area contributed by atoms with Gasteiger partial charge in [0.25, 0.3) is 5.91 Å². The Balaban J connectivity index is 0. The molecule has 0 saturated heterocycles. The first kappa shape index (κ1) is 16.5. The molecular formula is C8H14Cl2N4O. The summed E-state index contributed by atoms with van der Waals surface area (Å²) in [5.41, 5.74) is 5.66. The van der Waals surface area contributed by atoms with Crippen molar-refractivity contribution in [3.63, 3.8) is 0 Å². The molecule has 1 heterocycles. The van der Waals surface area contributed by atoms with Gasteiger partial charge in [0, 0.05) is 25.0 Å². The molecule has 1 rings (SSSR count). The summed E-state index contributed by atoms with van der Waals surface area (Å²) < 4.78 is 0. The van der Waals surface area contributed by atoms with Gasteiger partial charge in [-0.1, -0.05) is 0 Å². The third-order valence-electron chi connectivity index (χ3n) is 1.53. The third-order valence-corrected chi connectivity index (χ3v) is 1.53. The maximum absolute atomic E-state index is 11.3. The van der Waals surface area contributed by atoms with Crippen LogP contribution < -0.4 is 11.1 Å². The van der Waals surface area contributed by atoms with Gasteiger partial charge in [0.15, 0.2) is 0 Å². The van der Waals surface area contributed by atoms with Gasteiger partial charge in [-0.3, -0.25) is 9.78 Å². The second kappa shape index (κ2) is 8.40. The van der Waals surface area contributed by atoms with E-state index in [0.29, 0.717) is 12.2 Å². The molecule has 15 heavy (non-hydrogen) atoms. The van der Waals surface area contributed by atoms with Crippen LogP contribution in [0.3, 0.4) is 0 Å². The van der Waals surface area contributed by atoms with E-state index in [-0.39, 0.29) is 36.8 Å². The van der Waals surface area contributed by atoms with Crippen LogP contribution in [0.1, 0.15) is 17.4 Å². The average Bonchev–Trinajstić information content (AvgIpc) is 2.19. The number of nitrogens with two attached hydrogens (primary N) is 1. The molecule has 0 saturated carbocycles. The smallest absolute Gasteiger partial charge is 0.271 e. The number of hydrogen-bond donors (Lipinski definition) is 2. The minimum atomic E-state index is -0.244. The lowest BCUT2D eigenvalue weighted by Crippen LogP contribution is -2.38. The summed E-state index contributed by atoms with van der Waals surface area (Å²) in [4.78, 5) is 19.0. The summed E-state index contributed by atoms with van der Waals surface area (Å²) >= 11 is 0. The van der Waals surface area contributed by atoms with Crippen LogP contribution in [0.5, 0.6) is 0 Å². The number of aromatic nitrogens is 2. The number of nitrogens with one attached hydrogen (secondary N) is 1. The van der Waals surface area contributed by atoms with E-state index in [9.17, 15) is 4.79 Å². The van der Waals surface area contributed by atoms with Crippen molar-refractivity contribution in [3.05, 3.63) is 24.3 Å². The molecule has 5 nitrogen and oxygen atoms in total. The van der Waals surface area contributed by atoms with E-state index in [4.69, 9.17) is 5.73 Å². The summed E-state index contributed by atoms with van der Waals surface area (Å²) in [7, 11) is 0. The Hall–Kier alpha value is -0.910. The fourth-order valence-corrected chi connectivity index (χ4v) is 0.773. The SMILES string of the molecule is C[C@@H](CN)NC(=O)c1cnccn1.Cl.Cl. The lowest BCUT2D eigenvalue weighted by Gasteiger charge is -2.09. The molecule has 86 valence electrons. The normalized spacial score (nSPS) is 10.5. The largest absolute Gasteiger partial charge is 0.347 e. The van der Waals surface area contributed by atoms with Crippen molar-refractivity contribution in [2.24, 2.45) is 5.73 Å². The molecule has 7 heteroatoms. The molecule has 0 radical (unpaired) electrons. The Morgan fingerprint density at radius 1 is 1.53 bits per heavy atom. The van der Waals surface area contributed by atoms with Crippen LogP contribution >= 0.6 is 24.8 Å². The monoisotopic (exact) mass is 252 g/mol. The molecule has 1 aromatic rings. The number of carbonyl (C=O) groups is 1.